The number of ether oxygens (including phenoxy) is 1. The third-order valence-corrected chi connectivity index (χ3v) is 5.49. The van der Waals surface area contributed by atoms with Gasteiger partial charge in [0.2, 0.25) is 5.91 Å². The molecule has 30 heavy (non-hydrogen) atoms. The number of rotatable bonds is 11. The summed E-state index contributed by atoms with van der Waals surface area (Å²) >= 11 is 1.46. The van der Waals surface area contributed by atoms with E-state index in [0.29, 0.717) is 18.8 Å². The largest absolute Gasteiger partial charge is 0.454 e. The molecule has 0 saturated heterocycles. The average Bonchev–Trinajstić information content (AvgIpc) is 2.64. The quantitative estimate of drug-likeness (QED) is 0.332. The van der Waals surface area contributed by atoms with Gasteiger partial charge in [-0.2, -0.15) is 0 Å². The smallest absolute Gasteiger partial charge is 0.309 e. The summed E-state index contributed by atoms with van der Waals surface area (Å²) in [5.74, 6) is 0.275. The SMILES string of the molecule is C/C(CCC(=O)NC(C)C)=C(/Nc1cc(C)ccc1C(C)C)SCOC(=O)C(C)C. The van der Waals surface area contributed by atoms with Gasteiger partial charge in [-0.3, -0.25) is 9.59 Å². The van der Waals surface area contributed by atoms with Crippen LogP contribution < -0.4 is 10.6 Å². The molecule has 1 aromatic carbocycles. The molecule has 0 aliphatic rings. The molecule has 0 saturated carbocycles. The van der Waals surface area contributed by atoms with Crippen molar-refractivity contribution in [3.05, 3.63) is 39.9 Å². The molecule has 5 nitrogen and oxygen atoms in total. The number of allylic oxidation sites excluding steroid dienone is 1. The van der Waals surface area contributed by atoms with Crippen LogP contribution in [0.4, 0.5) is 5.69 Å². The van der Waals surface area contributed by atoms with Gasteiger partial charge in [-0.1, -0.05) is 51.6 Å². The van der Waals surface area contributed by atoms with Gasteiger partial charge in [0, 0.05) is 18.2 Å². The van der Waals surface area contributed by atoms with Crippen LogP contribution in [0.3, 0.4) is 0 Å². The fourth-order valence-electron chi connectivity index (χ4n) is 2.79. The van der Waals surface area contributed by atoms with Gasteiger partial charge in [-0.05, 0) is 62.8 Å². The number of esters is 1. The van der Waals surface area contributed by atoms with Gasteiger partial charge >= 0.3 is 5.97 Å². The van der Waals surface area contributed by atoms with Gasteiger partial charge in [0.05, 0.1) is 10.9 Å². The summed E-state index contributed by atoms with van der Waals surface area (Å²) in [7, 11) is 0. The van der Waals surface area contributed by atoms with Crippen molar-refractivity contribution in [2.24, 2.45) is 5.92 Å². The predicted molar refractivity (Wildman–Crippen MR) is 127 cm³/mol. The van der Waals surface area contributed by atoms with Gasteiger partial charge < -0.3 is 15.4 Å². The molecule has 0 unspecified atom stereocenters. The molecule has 0 radical (unpaired) electrons. The number of benzene rings is 1. The van der Waals surface area contributed by atoms with Crippen LogP contribution in [0, 0.1) is 12.8 Å². The molecule has 2 N–H and O–H groups in total. The molecular formula is C24H38N2O3S. The molecule has 1 rings (SSSR count). The monoisotopic (exact) mass is 434 g/mol. The van der Waals surface area contributed by atoms with E-state index in [1.807, 2.05) is 34.6 Å². The van der Waals surface area contributed by atoms with Gasteiger partial charge in [-0.25, -0.2) is 0 Å². The Hall–Kier alpha value is -1.95. The highest BCUT2D eigenvalue weighted by molar-refractivity contribution is 8.03. The molecule has 0 atom stereocenters. The van der Waals surface area contributed by atoms with E-state index in [9.17, 15) is 9.59 Å². The topological polar surface area (TPSA) is 67.4 Å². The standard InChI is InChI=1S/C24H38N2O3S/c1-15(2)20-11-9-18(7)13-21(20)26-23(30-14-29-24(28)16(3)4)19(8)10-12-22(27)25-17(5)6/h9,11,13,15-17,26H,10,12,14H2,1-8H3,(H,25,27)/b23-19+. The lowest BCUT2D eigenvalue weighted by Gasteiger charge is -2.20. The fourth-order valence-corrected chi connectivity index (χ4v) is 3.62. The molecule has 0 aliphatic carbocycles. The van der Waals surface area contributed by atoms with E-state index >= 15 is 0 Å². The van der Waals surface area contributed by atoms with E-state index in [-0.39, 0.29) is 29.8 Å². The van der Waals surface area contributed by atoms with Crippen molar-refractivity contribution in [3.8, 4) is 0 Å². The zero-order valence-corrected chi connectivity index (χ0v) is 20.5. The number of nitrogens with one attached hydrogen (secondary N) is 2. The van der Waals surface area contributed by atoms with Crippen molar-refractivity contribution in [2.45, 2.75) is 80.2 Å². The highest BCUT2D eigenvalue weighted by Crippen LogP contribution is 2.31. The number of amides is 1. The first-order chi connectivity index (χ1) is 14.0. The maximum Gasteiger partial charge on any atom is 0.309 e. The Morgan fingerprint density at radius 2 is 1.73 bits per heavy atom. The first kappa shape index (κ1) is 26.1. The lowest BCUT2D eigenvalue weighted by Crippen LogP contribution is -2.29. The molecule has 0 bridgehead atoms. The number of hydrogen-bond acceptors (Lipinski definition) is 5. The van der Waals surface area contributed by atoms with Gasteiger partial charge in [0.15, 0.2) is 0 Å². The second-order valence-corrected chi connectivity index (χ2v) is 9.51. The highest BCUT2D eigenvalue weighted by Gasteiger charge is 2.14. The number of thioether (sulfide) groups is 1. The van der Waals surface area contributed by atoms with Gasteiger partial charge in [0.25, 0.3) is 0 Å². The molecule has 168 valence electrons. The minimum Gasteiger partial charge on any atom is -0.454 e. The first-order valence-electron chi connectivity index (χ1n) is 10.7. The molecule has 1 amide bonds. The molecule has 0 heterocycles. The van der Waals surface area contributed by atoms with Crippen LogP contribution in [0.1, 0.15) is 78.4 Å². The minimum atomic E-state index is -0.214. The molecule has 0 aromatic heterocycles. The molecule has 1 aromatic rings. The van der Waals surface area contributed by atoms with Crippen molar-refractivity contribution in [1.29, 1.82) is 0 Å². The van der Waals surface area contributed by atoms with Crippen LogP contribution in [0.25, 0.3) is 0 Å². The van der Waals surface area contributed by atoms with Gasteiger partial charge in [0.1, 0.15) is 5.94 Å². The third-order valence-electron chi connectivity index (χ3n) is 4.52. The van der Waals surface area contributed by atoms with Crippen LogP contribution >= 0.6 is 11.8 Å². The normalized spacial score (nSPS) is 12.2. The van der Waals surface area contributed by atoms with Gasteiger partial charge in [-0.15, -0.1) is 0 Å². The first-order valence-corrected chi connectivity index (χ1v) is 11.7. The Bertz CT molecular complexity index is 755. The maximum atomic E-state index is 12.1. The number of hydrogen-bond donors (Lipinski definition) is 2. The summed E-state index contributed by atoms with van der Waals surface area (Å²) < 4.78 is 5.37. The lowest BCUT2D eigenvalue weighted by atomic mass is 9.99. The van der Waals surface area contributed by atoms with E-state index in [1.54, 1.807) is 0 Å². The maximum absolute atomic E-state index is 12.1. The predicted octanol–water partition coefficient (Wildman–Crippen LogP) is 5.96. The second kappa shape index (κ2) is 12.7. The number of aryl methyl sites for hydroxylation is 1. The Kier molecular flexibility index (Phi) is 11.0. The van der Waals surface area contributed by atoms with Crippen molar-refractivity contribution in [3.63, 3.8) is 0 Å². The average molecular weight is 435 g/mol. The summed E-state index contributed by atoms with van der Waals surface area (Å²) in [6, 6.07) is 6.53. The van der Waals surface area contributed by atoms with E-state index in [1.165, 1.54) is 22.9 Å². The van der Waals surface area contributed by atoms with Crippen LogP contribution in [0.5, 0.6) is 0 Å². The van der Waals surface area contributed by atoms with E-state index in [2.05, 4.69) is 49.6 Å². The Balaban J connectivity index is 3.03. The summed E-state index contributed by atoms with van der Waals surface area (Å²) in [6.45, 7) is 16.0. The van der Waals surface area contributed by atoms with E-state index in [0.717, 1.165) is 16.3 Å². The summed E-state index contributed by atoms with van der Waals surface area (Å²) in [5.41, 5.74) is 4.51. The van der Waals surface area contributed by atoms with Crippen molar-refractivity contribution in [2.75, 3.05) is 11.3 Å². The molecule has 0 spiro atoms. The number of anilines is 1. The van der Waals surface area contributed by atoms with Crippen LogP contribution in [0.15, 0.2) is 28.8 Å². The number of carbonyl (C=O) groups excluding carboxylic acids is 2. The summed E-state index contributed by atoms with van der Waals surface area (Å²) in [4.78, 5) is 23.9. The molecular weight excluding hydrogens is 396 g/mol. The Morgan fingerprint density at radius 1 is 1.07 bits per heavy atom. The zero-order chi connectivity index (χ0) is 22.8. The Labute approximate surface area is 186 Å². The van der Waals surface area contributed by atoms with E-state index < -0.39 is 0 Å². The zero-order valence-electron chi connectivity index (χ0n) is 19.7. The van der Waals surface area contributed by atoms with Crippen molar-refractivity contribution < 1.29 is 14.3 Å². The minimum absolute atomic E-state index is 0.0401. The second-order valence-electron chi connectivity index (χ2n) is 8.58. The highest BCUT2D eigenvalue weighted by atomic mass is 32.2. The summed E-state index contributed by atoms with van der Waals surface area (Å²) in [6.07, 6.45) is 1.06. The van der Waals surface area contributed by atoms with E-state index in [4.69, 9.17) is 4.74 Å². The van der Waals surface area contributed by atoms with Crippen LogP contribution in [-0.4, -0.2) is 23.9 Å². The van der Waals surface area contributed by atoms with Crippen molar-refractivity contribution >= 4 is 29.3 Å². The van der Waals surface area contributed by atoms with Crippen LogP contribution in [0.2, 0.25) is 0 Å². The third kappa shape index (κ3) is 9.24. The molecule has 0 aliphatic heterocycles. The fraction of sp³-hybridized carbons (Fsp3) is 0.583. The lowest BCUT2D eigenvalue weighted by molar-refractivity contribution is -0.145. The molecule has 0 fully saturated rings. The number of carbonyl (C=O) groups is 2. The van der Waals surface area contributed by atoms with Crippen molar-refractivity contribution in [1.82, 2.24) is 5.32 Å². The molecule has 6 heteroatoms. The Morgan fingerprint density at radius 3 is 2.30 bits per heavy atom. The van der Waals surface area contributed by atoms with Crippen LogP contribution in [-0.2, 0) is 14.3 Å². The summed E-state index contributed by atoms with van der Waals surface area (Å²) in [5, 5.41) is 7.41.